The second kappa shape index (κ2) is 3.21. The van der Waals surface area contributed by atoms with Crippen LogP contribution in [0.25, 0.3) is 0 Å². The Balaban J connectivity index is 2.66. The first-order chi connectivity index (χ1) is 7.23. The lowest BCUT2D eigenvalue weighted by Gasteiger charge is -2.15. The number of hydrogen-bond donors (Lipinski definition) is 1. The maximum absolute atomic E-state index is 11.6. The molecule has 0 fully saturated rings. The van der Waals surface area contributed by atoms with Crippen LogP contribution < -0.4 is 5.32 Å². The van der Waals surface area contributed by atoms with Gasteiger partial charge < -0.3 is 5.32 Å². The van der Waals surface area contributed by atoms with Crippen molar-refractivity contribution in [1.29, 1.82) is 0 Å². The Morgan fingerprint density at radius 3 is 2.50 bits per heavy atom. The van der Waals surface area contributed by atoms with Gasteiger partial charge in [0.05, 0.1) is 10.3 Å². The van der Waals surface area contributed by atoms with E-state index in [1.807, 2.05) is 0 Å². The van der Waals surface area contributed by atoms with Crippen LogP contribution in [0.3, 0.4) is 0 Å². The van der Waals surface area contributed by atoms with Crippen LogP contribution in [-0.2, 0) is 19.3 Å². The van der Waals surface area contributed by atoms with Crippen LogP contribution in [0.15, 0.2) is 23.1 Å². The highest BCUT2D eigenvalue weighted by atomic mass is 35.7. The molecule has 0 saturated heterocycles. The zero-order chi connectivity index (χ0) is 12.1. The van der Waals surface area contributed by atoms with Crippen molar-refractivity contribution in [2.24, 2.45) is 0 Å². The van der Waals surface area contributed by atoms with Gasteiger partial charge in [0, 0.05) is 16.4 Å². The normalized spacial score (nSPS) is 18.1. The molecule has 1 heterocycles. The molecule has 0 bridgehead atoms. The van der Waals surface area contributed by atoms with Gasteiger partial charge in [0.25, 0.3) is 9.05 Å². The van der Waals surface area contributed by atoms with Gasteiger partial charge in [-0.1, -0.05) is 0 Å². The van der Waals surface area contributed by atoms with E-state index in [0.29, 0.717) is 11.3 Å². The van der Waals surface area contributed by atoms with Gasteiger partial charge in [-0.25, -0.2) is 8.42 Å². The van der Waals surface area contributed by atoms with Crippen molar-refractivity contribution in [3.63, 3.8) is 0 Å². The average Bonchev–Trinajstić information content (AvgIpc) is 2.37. The van der Waals surface area contributed by atoms with Crippen LogP contribution >= 0.6 is 10.7 Å². The third kappa shape index (κ3) is 1.60. The third-order valence-corrected chi connectivity index (χ3v) is 4.11. The highest BCUT2D eigenvalue weighted by Crippen LogP contribution is 2.38. The molecule has 0 unspecified atom stereocenters. The molecule has 0 saturated carbocycles. The van der Waals surface area contributed by atoms with E-state index in [-0.39, 0.29) is 10.8 Å². The fraction of sp³-hybridized carbons (Fsp3) is 0.300. The van der Waals surface area contributed by atoms with Crippen LogP contribution in [-0.4, -0.2) is 14.3 Å². The number of fused-ring (bicyclic) bond motifs is 1. The van der Waals surface area contributed by atoms with Gasteiger partial charge in [-0.15, -0.1) is 0 Å². The number of nitrogens with one attached hydrogen (secondary N) is 1. The first-order valence-electron chi connectivity index (χ1n) is 4.63. The summed E-state index contributed by atoms with van der Waals surface area (Å²) in [7, 11) is 1.50. The molecule has 0 aromatic heterocycles. The molecule has 1 aromatic rings. The Bertz CT molecular complexity index is 578. The van der Waals surface area contributed by atoms with Gasteiger partial charge in [-0.3, -0.25) is 4.79 Å². The lowest BCUT2D eigenvalue weighted by molar-refractivity contribution is -0.119. The summed E-state index contributed by atoms with van der Waals surface area (Å²) in [6.45, 7) is 3.47. The Hall–Kier alpha value is -1.07. The molecule has 86 valence electrons. The Morgan fingerprint density at radius 2 is 1.94 bits per heavy atom. The van der Waals surface area contributed by atoms with E-state index in [2.05, 4.69) is 5.32 Å². The van der Waals surface area contributed by atoms with Crippen LogP contribution in [0.1, 0.15) is 19.4 Å². The van der Waals surface area contributed by atoms with Gasteiger partial charge in [-0.2, -0.15) is 0 Å². The van der Waals surface area contributed by atoms with E-state index in [1.165, 1.54) is 12.1 Å². The minimum Gasteiger partial charge on any atom is -0.325 e. The van der Waals surface area contributed by atoms with Gasteiger partial charge in [0.15, 0.2) is 0 Å². The average molecular weight is 260 g/mol. The maximum Gasteiger partial charge on any atom is 0.261 e. The topological polar surface area (TPSA) is 63.2 Å². The van der Waals surface area contributed by atoms with E-state index in [4.69, 9.17) is 10.7 Å². The lowest BCUT2D eigenvalue weighted by atomic mass is 9.86. The highest BCUT2D eigenvalue weighted by Gasteiger charge is 2.38. The second-order valence-corrected chi connectivity index (χ2v) is 6.79. The molecule has 4 nitrogen and oxygen atoms in total. The molecule has 6 heteroatoms. The summed E-state index contributed by atoms with van der Waals surface area (Å²) in [6, 6.07) is 4.37. The van der Waals surface area contributed by atoms with Gasteiger partial charge in [-0.05, 0) is 37.6 Å². The van der Waals surface area contributed by atoms with Crippen molar-refractivity contribution in [1.82, 2.24) is 0 Å². The van der Waals surface area contributed by atoms with E-state index in [9.17, 15) is 13.2 Å². The Morgan fingerprint density at radius 1 is 1.31 bits per heavy atom. The SMILES string of the molecule is CC1(C)C(=O)Nc2ccc(S(=O)(=O)Cl)cc21. The first kappa shape index (κ1) is 11.4. The molecule has 1 aliphatic rings. The van der Waals surface area contributed by atoms with Crippen molar-refractivity contribution in [3.8, 4) is 0 Å². The van der Waals surface area contributed by atoms with Crippen LogP contribution in [0.5, 0.6) is 0 Å². The van der Waals surface area contributed by atoms with Crippen LogP contribution in [0.4, 0.5) is 5.69 Å². The van der Waals surface area contributed by atoms with Gasteiger partial charge in [0.1, 0.15) is 0 Å². The number of benzene rings is 1. The molecule has 1 N–H and O–H groups in total. The van der Waals surface area contributed by atoms with Crippen molar-refractivity contribution < 1.29 is 13.2 Å². The fourth-order valence-electron chi connectivity index (χ4n) is 1.70. The molecule has 1 aliphatic heterocycles. The van der Waals surface area contributed by atoms with Crippen molar-refractivity contribution in [2.75, 3.05) is 5.32 Å². The maximum atomic E-state index is 11.6. The minimum atomic E-state index is -3.76. The van der Waals surface area contributed by atoms with Crippen molar-refractivity contribution in [2.45, 2.75) is 24.2 Å². The lowest BCUT2D eigenvalue weighted by Crippen LogP contribution is -2.26. The smallest absolute Gasteiger partial charge is 0.261 e. The molecule has 0 radical (unpaired) electrons. The predicted molar refractivity (Wildman–Crippen MR) is 61.1 cm³/mol. The highest BCUT2D eigenvalue weighted by molar-refractivity contribution is 8.13. The molecule has 0 atom stereocenters. The fourth-order valence-corrected chi connectivity index (χ4v) is 2.48. The molecule has 0 spiro atoms. The molecule has 1 aromatic carbocycles. The molecular weight excluding hydrogens is 250 g/mol. The van der Waals surface area contributed by atoms with Crippen molar-refractivity contribution in [3.05, 3.63) is 23.8 Å². The molecule has 0 aliphatic carbocycles. The summed E-state index contributed by atoms with van der Waals surface area (Å²) in [5.74, 6) is -0.147. The summed E-state index contributed by atoms with van der Waals surface area (Å²) in [6.07, 6.45) is 0. The number of hydrogen-bond acceptors (Lipinski definition) is 3. The Labute approximate surface area is 98.0 Å². The van der Waals surface area contributed by atoms with E-state index < -0.39 is 14.5 Å². The summed E-state index contributed by atoms with van der Waals surface area (Å²) in [5.41, 5.74) is 0.561. The van der Waals surface area contributed by atoms with Crippen LogP contribution in [0, 0.1) is 0 Å². The summed E-state index contributed by atoms with van der Waals surface area (Å²) in [4.78, 5) is 11.6. The van der Waals surface area contributed by atoms with Gasteiger partial charge >= 0.3 is 0 Å². The van der Waals surface area contributed by atoms with Gasteiger partial charge in [0.2, 0.25) is 5.91 Å². The molecular formula is C10H10ClNO3S. The van der Waals surface area contributed by atoms with Crippen LogP contribution in [0.2, 0.25) is 0 Å². The van der Waals surface area contributed by atoms with E-state index in [1.54, 1.807) is 19.9 Å². The summed E-state index contributed by atoms with van der Waals surface area (Å²) >= 11 is 0. The van der Waals surface area contributed by atoms with E-state index in [0.717, 1.165) is 0 Å². The number of carbonyl (C=O) groups is 1. The number of amides is 1. The molecule has 2 rings (SSSR count). The summed E-state index contributed by atoms with van der Waals surface area (Å²) < 4.78 is 22.4. The monoisotopic (exact) mass is 259 g/mol. The summed E-state index contributed by atoms with van der Waals surface area (Å²) in [5, 5.41) is 2.69. The predicted octanol–water partition coefficient (Wildman–Crippen LogP) is 1.84. The largest absolute Gasteiger partial charge is 0.325 e. The minimum absolute atomic E-state index is 0.0116. The van der Waals surface area contributed by atoms with Crippen molar-refractivity contribution >= 4 is 31.3 Å². The number of halogens is 1. The quantitative estimate of drug-likeness (QED) is 0.783. The third-order valence-electron chi connectivity index (χ3n) is 2.76. The first-order valence-corrected chi connectivity index (χ1v) is 6.94. The number of rotatable bonds is 1. The van der Waals surface area contributed by atoms with E-state index >= 15 is 0 Å². The second-order valence-electron chi connectivity index (χ2n) is 4.22. The molecule has 1 amide bonds. The number of anilines is 1. The standard InChI is InChI=1S/C10H10ClNO3S/c1-10(2)7-5-6(16(11,14)15)3-4-8(7)12-9(10)13/h3-5H,1-2H3,(H,12,13). The number of carbonyl (C=O) groups excluding carboxylic acids is 1. The zero-order valence-electron chi connectivity index (χ0n) is 8.74. The molecule has 16 heavy (non-hydrogen) atoms. The zero-order valence-corrected chi connectivity index (χ0v) is 10.3. The Kier molecular flexibility index (Phi) is 2.29.